The van der Waals surface area contributed by atoms with Gasteiger partial charge in [0.2, 0.25) is 0 Å². The second-order valence-electron chi connectivity index (χ2n) is 0.448. The van der Waals surface area contributed by atoms with Gasteiger partial charge in [-0.05, 0) is 0 Å². The molecule has 17 N–H and O–H groups in total. The zero-order valence-corrected chi connectivity index (χ0v) is 7.89. The Morgan fingerprint density at radius 3 is 0.692 bits per heavy atom. The Balaban J connectivity index is -0.00000000286. The topological polar surface area (TPSA) is 299 Å². The average Bonchev–Trinajstić information content (AvgIpc) is 0.722. The zero-order valence-electron chi connectivity index (χ0n) is 6.13. The van der Waals surface area contributed by atoms with Gasteiger partial charge in [0, 0.05) is 17.1 Å². The Labute approximate surface area is 84.6 Å². The molecule has 99 valence electrons. The average molecular weight is 287 g/mol. The summed E-state index contributed by atoms with van der Waals surface area (Å²) in [6.45, 7) is 0. The van der Waals surface area contributed by atoms with Crippen molar-refractivity contribution in [1.82, 2.24) is 6.15 Å². The van der Waals surface area contributed by atoms with Crippen molar-refractivity contribution in [2.75, 3.05) is 0 Å². The molecule has 11 nitrogen and oxygen atoms in total. The summed E-state index contributed by atoms with van der Waals surface area (Å²) < 4.78 is 31.6. The second kappa shape index (κ2) is 40.0. The number of rotatable bonds is 0. The molecule has 0 spiro atoms. The van der Waals surface area contributed by atoms with Crippen LogP contribution in [-0.4, -0.2) is 50.4 Å². The van der Waals surface area contributed by atoms with E-state index in [2.05, 4.69) is 0 Å². The molecule has 13 heteroatoms. The van der Waals surface area contributed by atoms with Gasteiger partial charge in [-0.15, -0.1) is 0 Å². The number of hydrogen-bond donors (Lipinski definition) is 3. The van der Waals surface area contributed by atoms with Crippen LogP contribution in [0.2, 0.25) is 0 Å². The molecule has 0 bridgehead atoms. The van der Waals surface area contributed by atoms with Crippen LogP contribution in [0, 0.1) is 0 Å². The molecular formula is H17CuNO10S. The molecule has 0 atom stereocenters. The van der Waals surface area contributed by atoms with E-state index in [-0.39, 0.29) is 56.1 Å². The zero-order chi connectivity index (χ0) is 4.50. The molecule has 0 rings (SSSR count). The molecule has 13 heavy (non-hydrogen) atoms. The van der Waals surface area contributed by atoms with Crippen LogP contribution >= 0.6 is 0 Å². The van der Waals surface area contributed by atoms with Crippen molar-refractivity contribution < 1.29 is 67.4 Å². The van der Waals surface area contributed by atoms with Gasteiger partial charge in [-0.2, -0.15) is 8.42 Å². The van der Waals surface area contributed by atoms with E-state index in [9.17, 15) is 0 Å². The fourth-order valence-electron chi connectivity index (χ4n) is 0. The Bertz CT molecular complexity index is 98.1. The Hall–Kier alpha value is 0.109. The SMILES string of the molecule is N.O.O.O.O.O.O.O=S(=O)(O)O.[Cu]. The second-order valence-corrected chi connectivity index (χ2v) is 1.34. The van der Waals surface area contributed by atoms with Crippen molar-refractivity contribution in [3.8, 4) is 0 Å². The van der Waals surface area contributed by atoms with Crippen molar-refractivity contribution in [2.45, 2.75) is 0 Å². The van der Waals surface area contributed by atoms with Gasteiger partial charge in [-0.25, -0.2) is 0 Å². The minimum atomic E-state index is -4.67. The van der Waals surface area contributed by atoms with Gasteiger partial charge in [0.25, 0.3) is 0 Å². The molecule has 0 heterocycles. The van der Waals surface area contributed by atoms with Crippen molar-refractivity contribution >= 4 is 10.4 Å². The summed E-state index contributed by atoms with van der Waals surface area (Å²) in [5.74, 6) is 0. The predicted octanol–water partition coefficient (Wildman–Crippen LogP) is -5.44. The van der Waals surface area contributed by atoms with E-state index in [0.29, 0.717) is 0 Å². The summed E-state index contributed by atoms with van der Waals surface area (Å²) in [5.41, 5.74) is 0. The molecule has 0 amide bonds. The van der Waals surface area contributed by atoms with Crippen molar-refractivity contribution in [2.24, 2.45) is 0 Å². The molecule has 0 aliphatic heterocycles. The molecule has 0 saturated heterocycles. The Morgan fingerprint density at radius 2 is 0.692 bits per heavy atom. The third kappa shape index (κ3) is 103000. The smallest absolute Gasteiger partial charge is 0.394 e. The van der Waals surface area contributed by atoms with Crippen LogP contribution < -0.4 is 6.15 Å². The summed E-state index contributed by atoms with van der Waals surface area (Å²) in [7, 11) is -4.67. The van der Waals surface area contributed by atoms with Gasteiger partial charge >= 0.3 is 10.4 Å². The predicted molar refractivity (Wildman–Crippen MR) is 40.9 cm³/mol. The summed E-state index contributed by atoms with van der Waals surface area (Å²) in [6, 6.07) is 0. The monoisotopic (exact) mass is 286 g/mol. The summed E-state index contributed by atoms with van der Waals surface area (Å²) in [6.07, 6.45) is 0. The largest absolute Gasteiger partial charge is 0.412 e. The molecule has 0 aromatic rings. The van der Waals surface area contributed by atoms with Crippen LogP contribution in [-0.2, 0) is 27.5 Å². The van der Waals surface area contributed by atoms with Gasteiger partial charge in [-0.1, -0.05) is 0 Å². The van der Waals surface area contributed by atoms with E-state index in [4.69, 9.17) is 17.5 Å². The maximum atomic E-state index is 8.74. The summed E-state index contributed by atoms with van der Waals surface area (Å²) >= 11 is 0. The van der Waals surface area contributed by atoms with E-state index >= 15 is 0 Å². The molecule has 0 aromatic carbocycles. The first-order valence-corrected chi connectivity index (χ1v) is 2.10. The number of hydrogen-bond acceptors (Lipinski definition) is 3. The summed E-state index contributed by atoms with van der Waals surface area (Å²) in [4.78, 5) is 0. The quantitative estimate of drug-likeness (QED) is 0.289. The first kappa shape index (κ1) is 114. The van der Waals surface area contributed by atoms with Crippen LogP contribution in [0.25, 0.3) is 0 Å². The van der Waals surface area contributed by atoms with E-state index in [0.717, 1.165) is 0 Å². The molecule has 0 aliphatic rings. The van der Waals surface area contributed by atoms with Crippen LogP contribution in [0.3, 0.4) is 0 Å². The van der Waals surface area contributed by atoms with Gasteiger partial charge in [0.05, 0.1) is 0 Å². The van der Waals surface area contributed by atoms with E-state index in [1.807, 2.05) is 0 Å². The van der Waals surface area contributed by atoms with Crippen LogP contribution in [0.4, 0.5) is 0 Å². The molecule has 0 unspecified atom stereocenters. The van der Waals surface area contributed by atoms with Gasteiger partial charge in [0.15, 0.2) is 0 Å². The molecule has 1 radical (unpaired) electrons. The third-order valence-corrected chi connectivity index (χ3v) is 0. The van der Waals surface area contributed by atoms with Crippen LogP contribution in [0.5, 0.6) is 0 Å². The Kier molecular flexibility index (Phi) is 351. The fraction of sp³-hybridized carbons (Fsp3) is 0. The van der Waals surface area contributed by atoms with Gasteiger partial charge < -0.3 is 39.0 Å². The molecule has 0 saturated carbocycles. The van der Waals surface area contributed by atoms with E-state index in [1.54, 1.807) is 0 Å². The first-order chi connectivity index (χ1) is 2.00. The maximum absolute atomic E-state index is 8.74. The normalized spacial score (nSPS) is 4.46. The van der Waals surface area contributed by atoms with Gasteiger partial charge in [-0.3, -0.25) is 9.11 Å². The Morgan fingerprint density at radius 1 is 0.692 bits per heavy atom. The maximum Gasteiger partial charge on any atom is 0.394 e. The standard InChI is InChI=1S/Cu.H3N.H2O4S.6H2O/c;;1-5(2,3)4;;;;;;/h;1H3;(H2,1,2,3,4);6*1H2. The van der Waals surface area contributed by atoms with Crippen LogP contribution in [0.15, 0.2) is 0 Å². The van der Waals surface area contributed by atoms with Crippen molar-refractivity contribution in [3.63, 3.8) is 0 Å². The molecule has 0 aromatic heterocycles. The van der Waals surface area contributed by atoms with Crippen LogP contribution in [0.1, 0.15) is 0 Å². The first-order valence-electron chi connectivity index (χ1n) is 0.698. The minimum absolute atomic E-state index is 0. The molecule has 0 aliphatic carbocycles. The minimum Gasteiger partial charge on any atom is -0.412 e. The third-order valence-electron chi connectivity index (χ3n) is 0. The van der Waals surface area contributed by atoms with E-state index < -0.39 is 10.4 Å². The van der Waals surface area contributed by atoms with Crippen molar-refractivity contribution in [1.29, 1.82) is 0 Å². The van der Waals surface area contributed by atoms with E-state index in [1.165, 1.54) is 0 Å². The van der Waals surface area contributed by atoms with Gasteiger partial charge in [0.1, 0.15) is 0 Å². The molecular weight excluding hydrogens is 270 g/mol. The molecule has 0 fully saturated rings. The van der Waals surface area contributed by atoms with Crippen molar-refractivity contribution in [3.05, 3.63) is 0 Å². The summed E-state index contributed by atoms with van der Waals surface area (Å²) in [5, 5.41) is 0. The fourth-order valence-corrected chi connectivity index (χ4v) is 0.